The summed E-state index contributed by atoms with van der Waals surface area (Å²) in [5.74, 6) is -2.07. The number of carbonyl (C=O) groups is 5. The highest BCUT2D eigenvalue weighted by Crippen LogP contribution is 2.50. The Labute approximate surface area is 232 Å². The first kappa shape index (κ1) is 27.1. The Balaban J connectivity index is 1.30. The number of nitrogens with one attached hydrogen (secondary N) is 2. The van der Waals surface area contributed by atoms with Crippen LogP contribution in [0, 0.1) is 0 Å². The van der Waals surface area contributed by atoms with Crippen molar-refractivity contribution in [1.82, 2.24) is 25.4 Å². The molecular weight excluding hydrogens is 544 g/mol. The second-order valence-corrected chi connectivity index (χ2v) is 11.6. The quantitative estimate of drug-likeness (QED) is 0.280. The molecule has 1 aromatic carbocycles. The third-order valence-electron chi connectivity index (χ3n) is 6.83. The zero-order chi connectivity index (χ0) is 28.8. The molecule has 0 aliphatic carbocycles. The number of nitrogens with zero attached hydrogens (tertiary/aromatic N) is 4. The third-order valence-corrected chi connectivity index (χ3v) is 8.40. The predicted molar refractivity (Wildman–Crippen MR) is 140 cm³/mol. The molecule has 40 heavy (non-hydrogen) atoms. The average Bonchev–Trinajstić information content (AvgIpc) is 3.61. The number of phenolic OH excluding ortho intramolecular Hbond substituents is 1. The second kappa shape index (κ2) is 10.2. The summed E-state index contributed by atoms with van der Waals surface area (Å²) in [5.41, 5.74) is 0.287. The fraction of sp³-hybridized carbons (Fsp3) is 0.360. The minimum atomic E-state index is -1.34. The number of imide groups is 1. The maximum absolute atomic E-state index is 13.4. The number of amides is 6. The molecule has 14 nitrogen and oxygen atoms in total. The first-order chi connectivity index (χ1) is 19.0. The van der Waals surface area contributed by atoms with Crippen LogP contribution in [0.5, 0.6) is 5.75 Å². The van der Waals surface area contributed by atoms with E-state index in [-0.39, 0.29) is 24.4 Å². The SMILES string of the molecule is CC1(C)S[C@H]2[C@@H](NC(=O)[C@H](NC(=O)N3CCN(/N=C/c4ccco4)C3=O)c3ccc(O)cc3)C(=O)N2[C@H]1C(=O)O. The van der Waals surface area contributed by atoms with Gasteiger partial charge in [-0.05, 0) is 43.7 Å². The minimum Gasteiger partial charge on any atom is -0.508 e. The van der Waals surface area contributed by atoms with E-state index < -0.39 is 58.1 Å². The first-order valence-electron chi connectivity index (χ1n) is 12.3. The number of hydrogen-bond donors (Lipinski definition) is 4. The number of benzene rings is 1. The Morgan fingerprint density at radius 3 is 2.55 bits per heavy atom. The van der Waals surface area contributed by atoms with E-state index in [1.807, 2.05) is 0 Å². The topological polar surface area (TPSA) is 185 Å². The summed E-state index contributed by atoms with van der Waals surface area (Å²) in [7, 11) is 0. The first-order valence-corrected chi connectivity index (χ1v) is 13.1. The van der Waals surface area contributed by atoms with Gasteiger partial charge in [0, 0.05) is 4.75 Å². The highest BCUT2D eigenvalue weighted by Gasteiger charge is 2.64. The van der Waals surface area contributed by atoms with Crippen molar-refractivity contribution in [2.75, 3.05) is 13.1 Å². The molecule has 3 saturated heterocycles. The summed E-state index contributed by atoms with van der Waals surface area (Å²) in [4.78, 5) is 66.2. The molecular formula is C25H26N6O8S. The van der Waals surface area contributed by atoms with Crippen LogP contribution in [-0.2, 0) is 14.4 Å². The molecule has 3 aliphatic rings. The Kier molecular flexibility index (Phi) is 6.91. The van der Waals surface area contributed by atoms with Gasteiger partial charge in [0.2, 0.25) is 11.8 Å². The van der Waals surface area contributed by atoms with Crippen molar-refractivity contribution in [3.8, 4) is 5.75 Å². The second-order valence-electron chi connectivity index (χ2n) is 9.88. The summed E-state index contributed by atoms with van der Waals surface area (Å²) in [6.45, 7) is 3.56. The van der Waals surface area contributed by atoms with Crippen LogP contribution in [0.4, 0.5) is 9.59 Å². The van der Waals surface area contributed by atoms with Gasteiger partial charge in [-0.15, -0.1) is 11.8 Å². The predicted octanol–water partition coefficient (Wildman–Crippen LogP) is 1.14. The van der Waals surface area contributed by atoms with Crippen molar-refractivity contribution >= 4 is 47.8 Å². The van der Waals surface area contributed by atoms with E-state index in [0.717, 1.165) is 9.91 Å². The number of hydrazone groups is 1. The molecule has 210 valence electrons. The van der Waals surface area contributed by atoms with Crippen LogP contribution in [0.3, 0.4) is 0 Å². The van der Waals surface area contributed by atoms with Crippen molar-refractivity contribution < 1.29 is 38.6 Å². The average molecular weight is 571 g/mol. The standard InChI is InChI=1S/C25H26N6O8S/c1-25(2)18(22(35)36)31-20(34)17(21(31)40-25)27-19(33)16(13-5-7-14(32)8-6-13)28-23(37)29-9-10-30(24(29)38)26-12-15-4-3-11-39-15/h3-8,11-12,16-18,21,32H,9-10H2,1-2H3,(H,27,33)(H,28,37)(H,35,36)/b26-12+/t16-,17+,18+,21+/m1/s1. The lowest BCUT2D eigenvalue weighted by Crippen LogP contribution is -2.71. The monoisotopic (exact) mass is 570 g/mol. The Morgan fingerprint density at radius 2 is 1.90 bits per heavy atom. The lowest BCUT2D eigenvalue weighted by molar-refractivity contribution is -0.161. The zero-order valence-electron chi connectivity index (χ0n) is 21.4. The fourth-order valence-corrected chi connectivity index (χ4v) is 6.49. The van der Waals surface area contributed by atoms with Gasteiger partial charge in [-0.2, -0.15) is 5.10 Å². The number of hydrogen-bond acceptors (Lipinski definition) is 9. The van der Waals surface area contributed by atoms with Gasteiger partial charge in [0.1, 0.15) is 35.0 Å². The smallest absolute Gasteiger partial charge is 0.348 e. The maximum atomic E-state index is 13.4. The molecule has 5 rings (SSSR count). The number of urea groups is 2. The summed E-state index contributed by atoms with van der Waals surface area (Å²) in [5, 5.41) is 29.0. The fourth-order valence-electron chi connectivity index (χ4n) is 4.86. The normalized spacial score (nSPS) is 24.1. The summed E-state index contributed by atoms with van der Waals surface area (Å²) < 4.78 is 4.37. The van der Waals surface area contributed by atoms with Gasteiger partial charge in [0.05, 0.1) is 25.6 Å². The molecule has 4 heterocycles. The van der Waals surface area contributed by atoms with Gasteiger partial charge in [0.15, 0.2) is 0 Å². The molecule has 15 heteroatoms. The van der Waals surface area contributed by atoms with Gasteiger partial charge in [0.25, 0.3) is 0 Å². The van der Waals surface area contributed by atoms with E-state index in [1.165, 1.54) is 53.4 Å². The zero-order valence-corrected chi connectivity index (χ0v) is 22.2. The van der Waals surface area contributed by atoms with Crippen molar-refractivity contribution in [2.24, 2.45) is 5.10 Å². The number of rotatable bonds is 7. The largest absolute Gasteiger partial charge is 0.508 e. The molecule has 2 aromatic rings. The van der Waals surface area contributed by atoms with Crippen LogP contribution in [0.25, 0.3) is 0 Å². The lowest BCUT2D eigenvalue weighted by atomic mass is 9.95. The number of carboxylic acids is 1. The molecule has 0 radical (unpaired) electrons. The van der Waals surface area contributed by atoms with Crippen LogP contribution < -0.4 is 10.6 Å². The van der Waals surface area contributed by atoms with Gasteiger partial charge >= 0.3 is 18.0 Å². The molecule has 0 bridgehead atoms. The molecule has 3 aliphatic heterocycles. The number of aromatic hydroxyl groups is 1. The van der Waals surface area contributed by atoms with E-state index in [2.05, 4.69) is 15.7 Å². The minimum absolute atomic E-state index is 0.00449. The Bertz CT molecular complexity index is 1380. The number of thioether (sulfide) groups is 1. The summed E-state index contributed by atoms with van der Waals surface area (Å²) in [6, 6.07) is 3.86. The highest BCUT2D eigenvalue weighted by molar-refractivity contribution is 8.01. The Morgan fingerprint density at radius 1 is 1.18 bits per heavy atom. The van der Waals surface area contributed by atoms with E-state index in [4.69, 9.17) is 4.42 Å². The van der Waals surface area contributed by atoms with Gasteiger partial charge < -0.3 is 30.2 Å². The van der Waals surface area contributed by atoms with Crippen LogP contribution >= 0.6 is 11.8 Å². The van der Waals surface area contributed by atoms with E-state index in [9.17, 15) is 34.2 Å². The third kappa shape index (κ3) is 4.83. The number of carbonyl (C=O) groups excluding carboxylic acids is 4. The van der Waals surface area contributed by atoms with Crippen LogP contribution in [0.15, 0.2) is 52.2 Å². The number of β-lactam (4-membered cyclic amide) rings is 1. The van der Waals surface area contributed by atoms with Crippen molar-refractivity contribution in [3.63, 3.8) is 0 Å². The van der Waals surface area contributed by atoms with E-state index in [0.29, 0.717) is 5.76 Å². The van der Waals surface area contributed by atoms with Crippen LogP contribution in [0.1, 0.15) is 31.2 Å². The molecule has 4 atom stereocenters. The number of aliphatic carboxylic acids is 1. The lowest BCUT2D eigenvalue weighted by Gasteiger charge is -2.44. The summed E-state index contributed by atoms with van der Waals surface area (Å²) >= 11 is 1.27. The number of furan rings is 1. The molecule has 0 unspecified atom stereocenters. The van der Waals surface area contributed by atoms with Gasteiger partial charge in [-0.1, -0.05) is 12.1 Å². The van der Waals surface area contributed by atoms with Crippen LogP contribution in [0.2, 0.25) is 0 Å². The molecule has 6 amide bonds. The van der Waals surface area contributed by atoms with Crippen LogP contribution in [-0.4, -0.2) is 96.4 Å². The highest BCUT2D eigenvalue weighted by atomic mass is 32.2. The molecule has 1 aromatic heterocycles. The molecule has 3 fully saturated rings. The van der Waals surface area contributed by atoms with E-state index in [1.54, 1.807) is 26.0 Å². The Hall–Kier alpha value is -4.53. The van der Waals surface area contributed by atoms with Crippen molar-refractivity contribution in [2.45, 2.75) is 42.1 Å². The maximum Gasteiger partial charge on any atom is 0.348 e. The number of fused-ring (bicyclic) bond motifs is 1. The van der Waals surface area contributed by atoms with E-state index >= 15 is 0 Å². The van der Waals surface area contributed by atoms with Gasteiger partial charge in [-0.3, -0.25) is 9.59 Å². The summed E-state index contributed by atoms with van der Waals surface area (Å²) in [6.07, 6.45) is 2.79. The van der Waals surface area contributed by atoms with Crippen molar-refractivity contribution in [1.29, 1.82) is 0 Å². The van der Waals surface area contributed by atoms with Gasteiger partial charge in [-0.25, -0.2) is 24.3 Å². The van der Waals surface area contributed by atoms with Crippen molar-refractivity contribution in [3.05, 3.63) is 54.0 Å². The molecule has 4 N–H and O–H groups in total. The number of carboxylic acid groups (broad SMARTS) is 1. The molecule has 0 spiro atoms. The number of phenols is 1. The molecule has 0 saturated carbocycles.